The standard InChI is InChI=1S/C16H20N2/c1-2-11-17-16-12-7-3-5-9-14(12)18-15-10-6-4-8-13(15)16/h3,5,7,9H,2,4,6,8,10-11H2,1H3,(H,17,18). The number of nitrogens with one attached hydrogen (secondary N) is 1. The first-order valence-corrected chi connectivity index (χ1v) is 7.04. The van der Waals surface area contributed by atoms with E-state index in [-0.39, 0.29) is 0 Å². The highest BCUT2D eigenvalue weighted by Gasteiger charge is 2.17. The van der Waals surface area contributed by atoms with Crippen LogP contribution in [-0.4, -0.2) is 11.5 Å². The summed E-state index contributed by atoms with van der Waals surface area (Å²) in [5.74, 6) is 0. The smallest absolute Gasteiger partial charge is 0.0726 e. The van der Waals surface area contributed by atoms with Crippen molar-refractivity contribution in [1.82, 2.24) is 4.98 Å². The van der Waals surface area contributed by atoms with Crippen molar-refractivity contribution in [1.29, 1.82) is 0 Å². The van der Waals surface area contributed by atoms with E-state index in [1.165, 1.54) is 41.6 Å². The van der Waals surface area contributed by atoms with E-state index in [1.54, 1.807) is 0 Å². The predicted octanol–water partition coefficient (Wildman–Crippen LogP) is 3.94. The van der Waals surface area contributed by atoms with Crippen molar-refractivity contribution in [3.63, 3.8) is 0 Å². The molecule has 1 aromatic heterocycles. The second kappa shape index (κ2) is 4.97. The SMILES string of the molecule is CCCNc1c2c(nc3ccccc13)CCCC2. The van der Waals surface area contributed by atoms with Crippen LogP contribution in [0.2, 0.25) is 0 Å². The van der Waals surface area contributed by atoms with Gasteiger partial charge in [0.15, 0.2) is 0 Å². The molecule has 2 heteroatoms. The Morgan fingerprint density at radius 2 is 2.00 bits per heavy atom. The molecule has 0 unspecified atom stereocenters. The molecule has 1 heterocycles. The number of para-hydroxylation sites is 1. The molecule has 0 aliphatic heterocycles. The number of pyridine rings is 1. The van der Waals surface area contributed by atoms with Gasteiger partial charge in [-0.1, -0.05) is 25.1 Å². The molecule has 18 heavy (non-hydrogen) atoms. The molecule has 2 nitrogen and oxygen atoms in total. The summed E-state index contributed by atoms with van der Waals surface area (Å²) in [6.45, 7) is 3.25. The van der Waals surface area contributed by atoms with E-state index in [2.05, 4.69) is 36.5 Å². The normalized spacial score (nSPS) is 14.5. The van der Waals surface area contributed by atoms with Crippen LogP contribution in [0.25, 0.3) is 10.9 Å². The average molecular weight is 240 g/mol. The van der Waals surface area contributed by atoms with E-state index in [0.717, 1.165) is 24.9 Å². The molecule has 94 valence electrons. The lowest BCUT2D eigenvalue weighted by atomic mass is 9.92. The number of aryl methyl sites for hydroxylation is 1. The molecule has 0 saturated carbocycles. The molecule has 0 amide bonds. The van der Waals surface area contributed by atoms with Gasteiger partial charge in [0.2, 0.25) is 0 Å². The maximum absolute atomic E-state index is 4.84. The van der Waals surface area contributed by atoms with Gasteiger partial charge in [-0.2, -0.15) is 0 Å². The van der Waals surface area contributed by atoms with Crippen LogP contribution in [-0.2, 0) is 12.8 Å². The molecule has 0 radical (unpaired) electrons. The van der Waals surface area contributed by atoms with Gasteiger partial charge in [-0.15, -0.1) is 0 Å². The van der Waals surface area contributed by atoms with Crippen LogP contribution in [0, 0.1) is 0 Å². The quantitative estimate of drug-likeness (QED) is 0.879. The van der Waals surface area contributed by atoms with Crippen molar-refractivity contribution >= 4 is 16.6 Å². The summed E-state index contributed by atoms with van der Waals surface area (Å²) in [6.07, 6.45) is 6.06. The lowest BCUT2D eigenvalue weighted by Crippen LogP contribution is -2.11. The molecule has 2 aromatic rings. The highest BCUT2D eigenvalue weighted by molar-refractivity contribution is 5.93. The Morgan fingerprint density at radius 1 is 1.17 bits per heavy atom. The molecule has 1 aromatic carbocycles. The summed E-state index contributed by atoms with van der Waals surface area (Å²) in [6, 6.07) is 8.50. The molecule has 0 atom stereocenters. The van der Waals surface area contributed by atoms with Crippen molar-refractivity contribution in [3.8, 4) is 0 Å². The van der Waals surface area contributed by atoms with E-state index >= 15 is 0 Å². The molecule has 0 spiro atoms. The second-order valence-corrected chi connectivity index (χ2v) is 5.06. The number of nitrogens with zero attached hydrogens (tertiary/aromatic N) is 1. The highest BCUT2D eigenvalue weighted by atomic mass is 14.9. The Kier molecular flexibility index (Phi) is 3.18. The average Bonchev–Trinajstić information content (AvgIpc) is 2.43. The molecule has 1 N–H and O–H groups in total. The van der Waals surface area contributed by atoms with Gasteiger partial charge < -0.3 is 5.32 Å². The summed E-state index contributed by atoms with van der Waals surface area (Å²) in [5, 5.41) is 4.91. The van der Waals surface area contributed by atoms with E-state index in [4.69, 9.17) is 4.98 Å². The fourth-order valence-electron chi connectivity index (χ4n) is 2.82. The third-order valence-corrected chi connectivity index (χ3v) is 3.72. The number of rotatable bonds is 3. The number of hydrogen-bond acceptors (Lipinski definition) is 2. The number of hydrogen-bond donors (Lipinski definition) is 1. The van der Waals surface area contributed by atoms with Crippen LogP contribution < -0.4 is 5.32 Å². The van der Waals surface area contributed by atoms with Gasteiger partial charge >= 0.3 is 0 Å². The van der Waals surface area contributed by atoms with Crippen molar-refractivity contribution in [2.24, 2.45) is 0 Å². The molecule has 0 saturated heterocycles. The largest absolute Gasteiger partial charge is 0.384 e. The van der Waals surface area contributed by atoms with E-state index in [9.17, 15) is 0 Å². The van der Waals surface area contributed by atoms with Crippen LogP contribution in [0.5, 0.6) is 0 Å². The predicted molar refractivity (Wildman–Crippen MR) is 77.2 cm³/mol. The van der Waals surface area contributed by atoms with Gasteiger partial charge in [0.05, 0.1) is 5.52 Å². The van der Waals surface area contributed by atoms with Crippen LogP contribution in [0.3, 0.4) is 0 Å². The second-order valence-electron chi connectivity index (χ2n) is 5.06. The van der Waals surface area contributed by atoms with Crippen molar-refractivity contribution in [2.75, 3.05) is 11.9 Å². The maximum atomic E-state index is 4.84. The summed E-state index contributed by atoms with van der Waals surface area (Å²) in [4.78, 5) is 4.84. The molecular weight excluding hydrogens is 220 g/mol. The lowest BCUT2D eigenvalue weighted by molar-refractivity contribution is 0.672. The van der Waals surface area contributed by atoms with E-state index < -0.39 is 0 Å². The van der Waals surface area contributed by atoms with Gasteiger partial charge in [0.1, 0.15) is 0 Å². The minimum absolute atomic E-state index is 1.04. The molecule has 0 bridgehead atoms. The first-order chi connectivity index (χ1) is 8.90. The van der Waals surface area contributed by atoms with Gasteiger partial charge in [0, 0.05) is 23.3 Å². The minimum atomic E-state index is 1.04. The Hall–Kier alpha value is -1.57. The van der Waals surface area contributed by atoms with E-state index in [0.29, 0.717) is 0 Å². The van der Waals surface area contributed by atoms with Gasteiger partial charge in [-0.05, 0) is 43.7 Å². The molecule has 1 aliphatic rings. The monoisotopic (exact) mass is 240 g/mol. The summed E-state index contributed by atoms with van der Waals surface area (Å²) >= 11 is 0. The van der Waals surface area contributed by atoms with Gasteiger partial charge in [-0.3, -0.25) is 4.98 Å². The lowest BCUT2D eigenvalue weighted by Gasteiger charge is -2.21. The summed E-state index contributed by atoms with van der Waals surface area (Å²) in [5.41, 5.74) is 5.26. The van der Waals surface area contributed by atoms with Crippen molar-refractivity contribution < 1.29 is 0 Å². The van der Waals surface area contributed by atoms with E-state index in [1.807, 2.05) is 0 Å². The zero-order valence-corrected chi connectivity index (χ0v) is 11.0. The van der Waals surface area contributed by atoms with Crippen LogP contribution in [0.1, 0.15) is 37.4 Å². The van der Waals surface area contributed by atoms with Gasteiger partial charge in [0.25, 0.3) is 0 Å². The fourth-order valence-corrected chi connectivity index (χ4v) is 2.82. The topological polar surface area (TPSA) is 24.9 Å². The maximum Gasteiger partial charge on any atom is 0.0726 e. The Balaban J connectivity index is 2.19. The zero-order valence-electron chi connectivity index (χ0n) is 11.0. The molecular formula is C16H20N2. The first-order valence-electron chi connectivity index (χ1n) is 7.04. The fraction of sp³-hybridized carbons (Fsp3) is 0.438. The summed E-state index contributed by atoms with van der Waals surface area (Å²) in [7, 11) is 0. The zero-order chi connectivity index (χ0) is 12.4. The van der Waals surface area contributed by atoms with Crippen molar-refractivity contribution in [2.45, 2.75) is 39.0 Å². The van der Waals surface area contributed by atoms with Crippen LogP contribution in [0.4, 0.5) is 5.69 Å². The molecule has 1 aliphatic carbocycles. The Bertz CT molecular complexity index is 560. The first kappa shape index (κ1) is 11.5. The van der Waals surface area contributed by atoms with Crippen LogP contribution in [0.15, 0.2) is 24.3 Å². The summed E-state index contributed by atoms with van der Waals surface area (Å²) < 4.78 is 0. The Labute approximate surface area is 108 Å². The molecule has 3 rings (SSSR count). The van der Waals surface area contributed by atoms with Gasteiger partial charge in [-0.25, -0.2) is 0 Å². The third kappa shape index (κ3) is 1.96. The number of benzene rings is 1. The molecule has 0 fully saturated rings. The number of aromatic nitrogens is 1. The Morgan fingerprint density at radius 3 is 2.89 bits per heavy atom. The van der Waals surface area contributed by atoms with Crippen LogP contribution >= 0.6 is 0 Å². The third-order valence-electron chi connectivity index (χ3n) is 3.72. The number of fused-ring (bicyclic) bond motifs is 2. The number of anilines is 1. The van der Waals surface area contributed by atoms with Crippen molar-refractivity contribution in [3.05, 3.63) is 35.5 Å². The highest BCUT2D eigenvalue weighted by Crippen LogP contribution is 2.33. The minimum Gasteiger partial charge on any atom is -0.384 e.